The summed E-state index contributed by atoms with van der Waals surface area (Å²) in [6.45, 7) is 0. The van der Waals surface area contributed by atoms with Gasteiger partial charge in [-0.2, -0.15) is 0 Å². The maximum absolute atomic E-state index is 13.3. The number of fused-ring (bicyclic) bond motifs is 2. The number of halogens is 1. The molecule has 0 bridgehead atoms. The molecule has 2 aromatic carbocycles. The number of aliphatic carboxylic acids is 1. The van der Waals surface area contributed by atoms with Crippen molar-refractivity contribution in [2.75, 3.05) is 5.32 Å². The van der Waals surface area contributed by atoms with Crippen molar-refractivity contribution in [2.45, 2.75) is 6.10 Å². The van der Waals surface area contributed by atoms with Crippen LogP contribution in [0.2, 0.25) is 0 Å². The highest BCUT2D eigenvalue weighted by atomic mass is 19.1. The number of nitrogens with one attached hydrogen (secondary N) is 1. The molecule has 4 rings (SSSR count). The molecule has 6 heteroatoms. The summed E-state index contributed by atoms with van der Waals surface area (Å²) in [5, 5.41) is 11.9. The first kappa shape index (κ1) is 13.5. The van der Waals surface area contributed by atoms with Crippen LogP contribution in [0.4, 0.5) is 10.1 Å². The zero-order valence-corrected chi connectivity index (χ0v) is 11.7. The van der Waals surface area contributed by atoms with Crippen LogP contribution in [0.5, 0.6) is 0 Å². The van der Waals surface area contributed by atoms with Gasteiger partial charge in [-0.25, -0.2) is 9.18 Å². The number of rotatable bonds is 1. The van der Waals surface area contributed by atoms with E-state index in [1.54, 1.807) is 24.3 Å². The van der Waals surface area contributed by atoms with E-state index in [0.29, 0.717) is 22.4 Å². The second kappa shape index (κ2) is 4.67. The molecule has 114 valence electrons. The van der Waals surface area contributed by atoms with Gasteiger partial charge in [0.25, 0.3) is 5.91 Å². The number of carbonyl (C=O) groups excluding carboxylic acids is 1. The molecule has 2 heterocycles. The van der Waals surface area contributed by atoms with Gasteiger partial charge in [-0.3, -0.25) is 4.79 Å². The van der Waals surface area contributed by atoms with E-state index in [-0.39, 0.29) is 11.3 Å². The Kier molecular flexibility index (Phi) is 2.74. The van der Waals surface area contributed by atoms with Gasteiger partial charge in [-0.05, 0) is 18.2 Å². The van der Waals surface area contributed by atoms with E-state index >= 15 is 0 Å². The van der Waals surface area contributed by atoms with Crippen molar-refractivity contribution in [3.8, 4) is 0 Å². The van der Waals surface area contributed by atoms with Crippen LogP contribution in [0.15, 0.2) is 42.5 Å². The third-order valence-electron chi connectivity index (χ3n) is 3.90. The number of carbonyl (C=O) groups is 2. The number of benzene rings is 2. The Balaban J connectivity index is 1.96. The monoisotopic (exact) mass is 311 g/mol. The molecule has 2 aromatic rings. The molecular formula is C17H10FNO4. The summed E-state index contributed by atoms with van der Waals surface area (Å²) in [5.74, 6) is -1.84. The van der Waals surface area contributed by atoms with Gasteiger partial charge in [0, 0.05) is 16.7 Å². The van der Waals surface area contributed by atoms with Crippen LogP contribution in [0.1, 0.15) is 22.8 Å². The molecule has 0 spiro atoms. The molecule has 2 N–H and O–H groups in total. The van der Waals surface area contributed by atoms with Gasteiger partial charge in [-0.1, -0.05) is 24.3 Å². The van der Waals surface area contributed by atoms with Gasteiger partial charge in [0.1, 0.15) is 11.6 Å². The minimum Gasteiger partial charge on any atom is -0.478 e. The fourth-order valence-corrected chi connectivity index (χ4v) is 2.92. The average Bonchev–Trinajstić information content (AvgIpc) is 3.04. The Morgan fingerprint density at radius 2 is 1.96 bits per heavy atom. The largest absolute Gasteiger partial charge is 0.478 e. The van der Waals surface area contributed by atoms with Crippen molar-refractivity contribution in [1.82, 2.24) is 0 Å². The number of carboxylic acid groups (broad SMARTS) is 1. The number of ether oxygens (including phenoxy) is 1. The second-order valence-electron chi connectivity index (χ2n) is 5.27. The van der Waals surface area contributed by atoms with E-state index in [4.69, 9.17) is 4.74 Å². The summed E-state index contributed by atoms with van der Waals surface area (Å²) < 4.78 is 18.9. The first-order chi connectivity index (χ1) is 11.1. The van der Waals surface area contributed by atoms with Crippen molar-refractivity contribution in [3.63, 3.8) is 0 Å². The zero-order valence-electron chi connectivity index (χ0n) is 11.7. The van der Waals surface area contributed by atoms with Gasteiger partial charge in [0.05, 0.1) is 11.3 Å². The van der Waals surface area contributed by atoms with E-state index in [1.807, 2.05) is 0 Å². The summed E-state index contributed by atoms with van der Waals surface area (Å²) >= 11 is 0. The fraction of sp³-hybridized carbons (Fsp3) is 0.0588. The van der Waals surface area contributed by atoms with Crippen LogP contribution in [-0.2, 0) is 14.3 Å². The van der Waals surface area contributed by atoms with Crippen LogP contribution in [0, 0.1) is 5.82 Å². The number of carboxylic acids is 1. The topological polar surface area (TPSA) is 75.6 Å². The van der Waals surface area contributed by atoms with Crippen molar-refractivity contribution in [1.29, 1.82) is 0 Å². The molecule has 0 aliphatic carbocycles. The van der Waals surface area contributed by atoms with E-state index in [2.05, 4.69) is 5.32 Å². The Morgan fingerprint density at radius 3 is 2.74 bits per heavy atom. The standard InChI is InChI=1S/C17H10FNO4/c18-8-5-6-11-12(7-8)19-16(20)13(11)14-9-3-1-2-4-10(9)15(23-14)17(21)22/h1-7,15H,(H,19,20)(H,21,22)/b14-13+. The molecule has 23 heavy (non-hydrogen) atoms. The van der Waals surface area contributed by atoms with Gasteiger partial charge in [0.15, 0.2) is 0 Å². The predicted molar refractivity (Wildman–Crippen MR) is 79.7 cm³/mol. The normalized spacial score (nSPS) is 21.4. The van der Waals surface area contributed by atoms with Gasteiger partial charge >= 0.3 is 5.97 Å². The molecule has 5 nitrogen and oxygen atoms in total. The lowest BCUT2D eigenvalue weighted by atomic mass is 9.99. The maximum Gasteiger partial charge on any atom is 0.349 e. The van der Waals surface area contributed by atoms with E-state index < -0.39 is 23.8 Å². The first-order valence-electron chi connectivity index (χ1n) is 6.90. The lowest BCUT2D eigenvalue weighted by Crippen LogP contribution is -2.10. The first-order valence-corrected chi connectivity index (χ1v) is 6.90. The highest BCUT2D eigenvalue weighted by Crippen LogP contribution is 2.45. The molecule has 0 fully saturated rings. The highest BCUT2D eigenvalue weighted by molar-refractivity contribution is 6.36. The number of amides is 1. The van der Waals surface area contributed by atoms with Crippen LogP contribution in [0.25, 0.3) is 11.3 Å². The third kappa shape index (κ3) is 1.92. The molecule has 1 unspecified atom stereocenters. The minimum atomic E-state index is -1.16. The summed E-state index contributed by atoms with van der Waals surface area (Å²) in [6.07, 6.45) is -1.16. The van der Waals surface area contributed by atoms with Crippen molar-refractivity contribution < 1.29 is 23.8 Å². The molecule has 1 amide bonds. The minimum absolute atomic E-state index is 0.204. The Labute approximate surface area is 130 Å². The summed E-state index contributed by atoms with van der Waals surface area (Å²) in [6, 6.07) is 10.8. The Bertz CT molecular complexity index is 903. The number of hydrogen-bond acceptors (Lipinski definition) is 3. The van der Waals surface area contributed by atoms with E-state index in [9.17, 15) is 19.1 Å². The Hall–Kier alpha value is -3.15. The molecule has 0 saturated carbocycles. The molecule has 0 aromatic heterocycles. The molecule has 0 saturated heterocycles. The van der Waals surface area contributed by atoms with Crippen LogP contribution < -0.4 is 5.32 Å². The summed E-state index contributed by atoms with van der Waals surface area (Å²) in [7, 11) is 0. The fourth-order valence-electron chi connectivity index (χ4n) is 2.92. The van der Waals surface area contributed by atoms with Crippen molar-refractivity contribution in [2.24, 2.45) is 0 Å². The molecular weight excluding hydrogens is 301 g/mol. The molecule has 0 radical (unpaired) electrons. The van der Waals surface area contributed by atoms with Gasteiger partial charge in [0.2, 0.25) is 6.10 Å². The number of hydrogen-bond donors (Lipinski definition) is 2. The lowest BCUT2D eigenvalue weighted by molar-refractivity contribution is -0.146. The quantitative estimate of drug-likeness (QED) is 0.794. The predicted octanol–water partition coefficient (Wildman–Crippen LogP) is 2.80. The maximum atomic E-state index is 13.3. The van der Waals surface area contributed by atoms with E-state index in [0.717, 1.165) is 0 Å². The van der Waals surface area contributed by atoms with Crippen LogP contribution in [-0.4, -0.2) is 17.0 Å². The average molecular weight is 311 g/mol. The van der Waals surface area contributed by atoms with Crippen LogP contribution in [0.3, 0.4) is 0 Å². The molecule has 2 aliphatic heterocycles. The Morgan fingerprint density at radius 1 is 1.17 bits per heavy atom. The highest BCUT2D eigenvalue weighted by Gasteiger charge is 2.39. The van der Waals surface area contributed by atoms with Gasteiger partial charge < -0.3 is 15.2 Å². The zero-order chi connectivity index (χ0) is 16.1. The number of anilines is 1. The van der Waals surface area contributed by atoms with Crippen LogP contribution >= 0.6 is 0 Å². The third-order valence-corrected chi connectivity index (χ3v) is 3.90. The summed E-state index contributed by atoms with van der Waals surface area (Å²) in [4.78, 5) is 23.7. The SMILES string of the molecule is O=C1Nc2cc(F)ccc2/C1=C1\OC(C(=O)O)c2ccccc21. The van der Waals surface area contributed by atoms with Gasteiger partial charge in [-0.15, -0.1) is 0 Å². The van der Waals surface area contributed by atoms with Crippen molar-refractivity contribution >= 4 is 28.9 Å². The van der Waals surface area contributed by atoms with Crippen molar-refractivity contribution in [3.05, 3.63) is 65.0 Å². The molecule has 2 aliphatic rings. The van der Waals surface area contributed by atoms with E-state index in [1.165, 1.54) is 18.2 Å². The summed E-state index contributed by atoms with van der Waals surface area (Å²) in [5.41, 5.74) is 2.11. The second-order valence-corrected chi connectivity index (χ2v) is 5.27. The molecule has 1 atom stereocenters. The smallest absolute Gasteiger partial charge is 0.349 e. The lowest BCUT2D eigenvalue weighted by Gasteiger charge is -2.08.